The summed E-state index contributed by atoms with van der Waals surface area (Å²) in [5.41, 5.74) is 0.439. The Hall–Kier alpha value is -0.0400. The molecular weight excluding hydrogens is 170 g/mol. The topological polar surface area (TPSA) is 12.0 Å². The number of unbranched alkanes of at least 4 members (excludes halogenated alkanes) is 2. The Morgan fingerprint density at radius 3 is 2.36 bits per heavy atom. The number of hydrogen-bond donors (Lipinski definition) is 1. The summed E-state index contributed by atoms with van der Waals surface area (Å²) in [6.07, 6.45) is 8.78. The molecule has 84 valence electrons. The third-order valence-electron chi connectivity index (χ3n) is 2.82. The smallest absolute Gasteiger partial charge is 0.0000126 e. The summed E-state index contributed by atoms with van der Waals surface area (Å²) < 4.78 is 0. The maximum atomic E-state index is 3.53. The minimum Gasteiger partial charge on any atom is -0.316 e. The van der Waals surface area contributed by atoms with Crippen molar-refractivity contribution < 1.29 is 0 Å². The second-order valence-electron chi connectivity index (χ2n) is 6.03. The Balaban J connectivity index is 1.75. The third-order valence-corrected chi connectivity index (χ3v) is 2.82. The van der Waals surface area contributed by atoms with Crippen molar-refractivity contribution >= 4 is 0 Å². The lowest BCUT2D eigenvalue weighted by molar-refractivity contribution is 0.377. The molecule has 0 atom stereocenters. The van der Waals surface area contributed by atoms with Crippen LogP contribution in [0.3, 0.4) is 0 Å². The predicted octanol–water partition coefficient (Wildman–Crippen LogP) is 3.59. The molecule has 0 aromatic rings. The summed E-state index contributed by atoms with van der Waals surface area (Å²) >= 11 is 0. The molecule has 0 aliphatic heterocycles. The van der Waals surface area contributed by atoms with Gasteiger partial charge in [0.25, 0.3) is 0 Å². The highest BCUT2D eigenvalue weighted by molar-refractivity contribution is 4.72. The highest BCUT2D eigenvalue weighted by atomic mass is 14.9. The van der Waals surface area contributed by atoms with Crippen LogP contribution in [-0.2, 0) is 0 Å². The van der Waals surface area contributed by atoms with Crippen molar-refractivity contribution in [3.8, 4) is 0 Å². The molecule has 0 aromatic heterocycles. The third kappa shape index (κ3) is 7.37. The maximum Gasteiger partial charge on any atom is -0.0000126 e. The summed E-state index contributed by atoms with van der Waals surface area (Å²) in [6.45, 7) is 9.21. The minimum atomic E-state index is 0.439. The fourth-order valence-electron chi connectivity index (χ4n) is 1.73. The van der Waals surface area contributed by atoms with E-state index in [1.165, 1.54) is 45.1 Å². The average Bonchev–Trinajstić information content (AvgIpc) is 2.84. The number of hydrogen-bond acceptors (Lipinski definition) is 1. The zero-order chi connectivity index (χ0) is 10.4. The summed E-state index contributed by atoms with van der Waals surface area (Å²) in [5.74, 6) is 1.12. The molecule has 0 unspecified atom stereocenters. The van der Waals surface area contributed by atoms with Crippen molar-refractivity contribution in [2.45, 2.75) is 59.3 Å². The molecule has 0 radical (unpaired) electrons. The quantitative estimate of drug-likeness (QED) is 0.615. The highest BCUT2D eigenvalue weighted by Gasteiger charge is 2.19. The second kappa shape index (κ2) is 5.75. The fourth-order valence-corrected chi connectivity index (χ4v) is 1.73. The van der Waals surface area contributed by atoms with Gasteiger partial charge in [-0.15, -0.1) is 0 Å². The van der Waals surface area contributed by atoms with Gasteiger partial charge in [-0.2, -0.15) is 0 Å². The molecule has 14 heavy (non-hydrogen) atoms. The molecule has 1 aliphatic carbocycles. The summed E-state index contributed by atoms with van der Waals surface area (Å²) in [7, 11) is 0. The lowest BCUT2D eigenvalue weighted by atomic mass is 9.97. The molecule has 0 aromatic carbocycles. The van der Waals surface area contributed by atoms with Crippen LogP contribution >= 0.6 is 0 Å². The number of rotatable bonds is 7. The Morgan fingerprint density at radius 2 is 1.79 bits per heavy atom. The molecule has 1 saturated carbocycles. The summed E-state index contributed by atoms with van der Waals surface area (Å²) in [4.78, 5) is 0. The zero-order valence-electron chi connectivity index (χ0n) is 10.2. The van der Waals surface area contributed by atoms with Crippen molar-refractivity contribution in [1.29, 1.82) is 0 Å². The summed E-state index contributed by atoms with van der Waals surface area (Å²) in [5, 5.41) is 3.53. The molecule has 0 bridgehead atoms. The standard InChI is InChI=1S/C13H27N/c1-13(2,3)11-14-10-6-4-5-7-12-8-9-12/h12,14H,4-11H2,1-3H3. The minimum absolute atomic E-state index is 0.439. The average molecular weight is 197 g/mol. The molecular formula is C13H27N. The molecule has 0 amide bonds. The van der Waals surface area contributed by atoms with Gasteiger partial charge < -0.3 is 5.32 Å². The monoisotopic (exact) mass is 197 g/mol. The van der Waals surface area contributed by atoms with Crippen molar-refractivity contribution in [2.75, 3.05) is 13.1 Å². The van der Waals surface area contributed by atoms with E-state index in [1.807, 2.05) is 0 Å². The molecule has 0 spiro atoms. The first-order chi connectivity index (χ1) is 6.58. The van der Waals surface area contributed by atoms with Crippen LogP contribution in [0.1, 0.15) is 59.3 Å². The van der Waals surface area contributed by atoms with E-state index in [9.17, 15) is 0 Å². The van der Waals surface area contributed by atoms with Gasteiger partial charge in [-0.25, -0.2) is 0 Å². The van der Waals surface area contributed by atoms with Gasteiger partial charge in [0.1, 0.15) is 0 Å². The number of nitrogens with one attached hydrogen (secondary N) is 1. The first kappa shape index (κ1) is 12.0. The molecule has 1 nitrogen and oxygen atoms in total. The highest BCUT2D eigenvalue weighted by Crippen LogP contribution is 2.33. The van der Waals surface area contributed by atoms with E-state index < -0.39 is 0 Å². The summed E-state index contributed by atoms with van der Waals surface area (Å²) in [6, 6.07) is 0. The van der Waals surface area contributed by atoms with Crippen molar-refractivity contribution in [1.82, 2.24) is 5.32 Å². The van der Waals surface area contributed by atoms with E-state index in [1.54, 1.807) is 0 Å². The maximum absolute atomic E-state index is 3.53. The largest absolute Gasteiger partial charge is 0.316 e. The van der Waals surface area contributed by atoms with Crippen molar-refractivity contribution in [3.05, 3.63) is 0 Å². The first-order valence-electron chi connectivity index (χ1n) is 6.29. The Kier molecular flexibility index (Phi) is 4.94. The van der Waals surface area contributed by atoms with E-state index in [0.717, 1.165) is 12.5 Å². The lowest BCUT2D eigenvalue weighted by Crippen LogP contribution is -2.27. The zero-order valence-corrected chi connectivity index (χ0v) is 10.2. The van der Waals surface area contributed by atoms with Crippen LogP contribution in [0.15, 0.2) is 0 Å². The van der Waals surface area contributed by atoms with Gasteiger partial charge in [0.15, 0.2) is 0 Å². The van der Waals surface area contributed by atoms with Crippen molar-refractivity contribution in [2.24, 2.45) is 11.3 Å². The van der Waals surface area contributed by atoms with Crippen LogP contribution < -0.4 is 5.32 Å². The SMILES string of the molecule is CC(C)(C)CNCCCCCC1CC1. The van der Waals surface area contributed by atoms with Gasteiger partial charge in [0.2, 0.25) is 0 Å². The van der Waals surface area contributed by atoms with Gasteiger partial charge in [-0.05, 0) is 30.8 Å². The van der Waals surface area contributed by atoms with Gasteiger partial charge in [-0.3, -0.25) is 0 Å². The lowest BCUT2D eigenvalue weighted by Gasteiger charge is -2.18. The Morgan fingerprint density at radius 1 is 1.07 bits per heavy atom. The first-order valence-corrected chi connectivity index (χ1v) is 6.29. The van der Waals surface area contributed by atoms with Crippen LogP contribution in [0.2, 0.25) is 0 Å². The van der Waals surface area contributed by atoms with E-state index in [4.69, 9.17) is 0 Å². The fraction of sp³-hybridized carbons (Fsp3) is 1.00. The van der Waals surface area contributed by atoms with Crippen LogP contribution in [-0.4, -0.2) is 13.1 Å². The Bertz CT molecular complexity index is 142. The van der Waals surface area contributed by atoms with Gasteiger partial charge in [0.05, 0.1) is 0 Å². The molecule has 1 N–H and O–H groups in total. The van der Waals surface area contributed by atoms with Gasteiger partial charge >= 0.3 is 0 Å². The van der Waals surface area contributed by atoms with Gasteiger partial charge in [0, 0.05) is 0 Å². The molecule has 0 saturated heterocycles. The van der Waals surface area contributed by atoms with E-state index in [0.29, 0.717) is 5.41 Å². The second-order valence-corrected chi connectivity index (χ2v) is 6.03. The molecule has 1 heteroatoms. The van der Waals surface area contributed by atoms with Crippen LogP contribution in [0.4, 0.5) is 0 Å². The predicted molar refractivity (Wildman–Crippen MR) is 63.5 cm³/mol. The van der Waals surface area contributed by atoms with E-state index in [2.05, 4.69) is 26.1 Å². The van der Waals surface area contributed by atoms with Crippen LogP contribution in [0.5, 0.6) is 0 Å². The van der Waals surface area contributed by atoms with E-state index >= 15 is 0 Å². The molecule has 1 fully saturated rings. The molecule has 1 aliphatic rings. The van der Waals surface area contributed by atoms with E-state index in [-0.39, 0.29) is 0 Å². The van der Waals surface area contributed by atoms with Crippen molar-refractivity contribution in [3.63, 3.8) is 0 Å². The van der Waals surface area contributed by atoms with Gasteiger partial charge in [-0.1, -0.05) is 52.9 Å². The normalized spacial score (nSPS) is 17.4. The molecule has 1 rings (SSSR count). The van der Waals surface area contributed by atoms with Crippen LogP contribution in [0, 0.1) is 11.3 Å². The molecule has 0 heterocycles. The van der Waals surface area contributed by atoms with Crippen LogP contribution in [0.25, 0.3) is 0 Å². The Labute approximate surface area is 89.7 Å².